The topological polar surface area (TPSA) is 42.0 Å². The average molecular weight is 352 g/mol. The second-order valence-electron chi connectivity index (χ2n) is 6.85. The van der Waals surface area contributed by atoms with Gasteiger partial charge in [-0.25, -0.2) is 0 Å². The quantitative estimate of drug-likeness (QED) is 0.802. The van der Waals surface area contributed by atoms with Crippen molar-refractivity contribution in [2.24, 2.45) is 0 Å². The van der Waals surface area contributed by atoms with Crippen LogP contribution in [0.4, 0.5) is 5.69 Å². The van der Waals surface area contributed by atoms with Crippen molar-refractivity contribution in [2.75, 3.05) is 38.8 Å². The zero-order valence-electron chi connectivity index (χ0n) is 15.2. The van der Waals surface area contributed by atoms with Crippen LogP contribution in [0.25, 0.3) is 11.1 Å². The summed E-state index contributed by atoms with van der Waals surface area (Å²) >= 11 is 0. The first kappa shape index (κ1) is 17.1. The summed E-state index contributed by atoms with van der Waals surface area (Å²) in [6.45, 7) is 2.35. The molecule has 5 heteroatoms. The van der Waals surface area contributed by atoms with Gasteiger partial charge in [0.15, 0.2) is 0 Å². The first-order valence-electron chi connectivity index (χ1n) is 9.02. The van der Waals surface area contributed by atoms with E-state index in [0.29, 0.717) is 6.61 Å². The number of anilines is 1. The van der Waals surface area contributed by atoms with Crippen molar-refractivity contribution in [2.45, 2.75) is 18.5 Å². The van der Waals surface area contributed by atoms with E-state index in [9.17, 15) is 4.79 Å². The molecule has 1 amide bonds. The number of methoxy groups -OCH3 is 2. The number of fused-ring (bicyclic) bond motifs is 2. The second-order valence-corrected chi connectivity index (χ2v) is 6.85. The van der Waals surface area contributed by atoms with Gasteiger partial charge < -0.3 is 14.4 Å². The Hall–Kier alpha value is -2.37. The van der Waals surface area contributed by atoms with Crippen LogP contribution in [0.1, 0.15) is 6.42 Å². The van der Waals surface area contributed by atoms with Gasteiger partial charge in [-0.2, -0.15) is 0 Å². The van der Waals surface area contributed by atoms with E-state index in [-0.39, 0.29) is 18.0 Å². The molecule has 2 bridgehead atoms. The van der Waals surface area contributed by atoms with E-state index in [2.05, 4.69) is 23.1 Å². The molecule has 0 radical (unpaired) electrons. The highest BCUT2D eigenvalue weighted by molar-refractivity contribution is 6.03. The number of ether oxygens (including phenoxy) is 2. The van der Waals surface area contributed by atoms with Gasteiger partial charge in [-0.05, 0) is 29.7 Å². The molecule has 2 aromatic carbocycles. The molecule has 5 nitrogen and oxygen atoms in total. The van der Waals surface area contributed by atoms with E-state index in [4.69, 9.17) is 9.47 Å². The maximum Gasteiger partial charge on any atom is 0.244 e. The van der Waals surface area contributed by atoms with Crippen molar-refractivity contribution in [3.05, 3.63) is 48.5 Å². The Morgan fingerprint density at radius 2 is 1.88 bits per heavy atom. The summed E-state index contributed by atoms with van der Waals surface area (Å²) in [6.07, 6.45) is 0.876. The highest BCUT2D eigenvalue weighted by atomic mass is 16.5. The van der Waals surface area contributed by atoms with Crippen molar-refractivity contribution >= 4 is 11.6 Å². The van der Waals surface area contributed by atoms with Crippen LogP contribution in [0.15, 0.2) is 48.5 Å². The molecule has 0 aliphatic carbocycles. The minimum Gasteiger partial charge on any atom is -0.495 e. The van der Waals surface area contributed by atoms with Gasteiger partial charge >= 0.3 is 0 Å². The summed E-state index contributed by atoms with van der Waals surface area (Å²) in [4.78, 5) is 17.2. The van der Waals surface area contributed by atoms with Gasteiger partial charge in [-0.15, -0.1) is 0 Å². The molecule has 2 aromatic rings. The van der Waals surface area contributed by atoms with E-state index in [1.54, 1.807) is 14.2 Å². The number of nitrogens with zero attached hydrogens (tertiary/aromatic N) is 2. The van der Waals surface area contributed by atoms with Crippen LogP contribution in [0.3, 0.4) is 0 Å². The Kier molecular flexibility index (Phi) is 4.66. The van der Waals surface area contributed by atoms with Crippen molar-refractivity contribution < 1.29 is 14.3 Å². The van der Waals surface area contributed by atoms with Gasteiger partial charge in [-0.1, -0.05) is 36.4 Å². The maximum atomic E-state index is 13.0. The zero-order valence-corrected chi connectivity index (χ0v) is 15.2. The van der Waals surface area contributed by atoms with E-state index >= 15 is 0 Å². The monoisotopic (exact) mass is 352 g/mol. The fourth-order valence-electron chi connectivity index (χ4n) is 4.12. The van der Waals surface area contributed by atoms with Crippen LogP contribution >= 0.6 is 0 Å². The molecular formula is C21H24N2O3. The van der Waals surface area contributed by atoms with E-state index in [0.717, 1.165) is 42.1 Å². The number of carbonyl (C=O) groups excluding carboxylic acids is 1. The number of likely N-dealkylation sites (tertiary alicyclic amines) is 1. The number of carbonyl (C=O) groups is 1. The molecule has 0 N–H and O–H groups in total. The number of rotatable bonds is 6. The summed E-state index contributed by atoms with van der Waals surface area (Å²) in [7, 11) is 3.35. The van der Waals surface area contributed by atoms with Crippen molar-refractivity contribution in [1.82, 2.24) is 4.90 Å². The lowest BCUT2D eigenvalue weighted by atomic mass is 10.0. The Morgan fingerprint density at radius 1 is 1.08 bits per heavy atom. The van der Waals surface area contributed by atoms with Gasteiger partial charge in [0, 0.05) is 20.2 Å². The number of benzene rings is 2. The molecule has 2 aliphatic heterocycles. The molecule has 2 atom stereocenters. The summed E-state index contributed by atoms with van der Waals surface area (Å²) < 4.78 is 10.7. The predicted octanol–water partition coefficient (Wildman–Crippen LogP) is 2.80. The molecule has 2 saturated heterocycles. The minimum absolute atomic E-state index is 0.0414. The lowest BCUT2D eigenvalue weighted by Crippen LogP contribution is -2.51. The van der Waals surface area contributed by atoms with Crippen LogP contribution in [0.2, 0.25) is 0 Å². The molecule has 0 unspecified atom stereocenters. The van der Waals surface area contributed by atoms with Crippen LogP contribution in [-0.2, 0) is 9.53 Å². The molecule has 26 heavy (non-hydrogen) atoms. The molecule has 2 heterocycles. The highest BCUT2D eigenvalue weighted by Crippen LogP contribution is 2.41. The van der Waals surface area contributed by atoms with Crippen LogP contribution < -0.4 is 9.64 Å². The van der Waals surface area contributed by atoms with Crippen LogP contribution in [0.5, 0.6) is 5.75 Å². The van der Waals surface area contributed by atoms with Crippen LogP contribution in [-0.4, -0.2) is 56.8 Å². The molecule has 4 rings (SSSR count). The largest absolute Gasteiger partial charge is 0.495 e. The SMILES string of the molecule is COCCN1C[C@@H]2C[C@H]1C(=O)N2c1cc(-c2ccccc2)ccc1OC. The third kappa shape index (κ3) is 2.87. The van der Waals surface area contributed by atoms with Gasteiger partial charge in [0.25, 0.3) is 0 Å². The van der Waals surface area contributed by atoms with Crippen molar-refractivity contribution in [3.8, 4) is 16.9 Å². The van der Waals surface area contributed by atoms with Gasteiger partial charge in [0.05, 0.1) is 31.5 Å². The fourth-order valence-corrected chi connectivity index (χ4v) is 4.12. The molecule has 0 saturated carbocycles. The number of piperazine rings is 1. The smallest absolute Gasteiger partial charge is 0.244 e. The highest BCUT2D eigenvalue weighted by Gasteiger charge is 2.50. The van der Waals surface area contributed by atoms with E-state index in [1.807, 2.05) is 35.2 Å². The predicted molar refractivity (Wildman–Crippen MR) is 102 cm³/mol. The van der Waals surface area contributed by atoms with Crippen LogP contribution in [0, 0.1) is 0 Å². The fraction of sp³-hybridized carbons (Fsp3) is 0.381. The Labute approximate surface area is 154 Å². The molecule has 0 spiro atoms. The Bertz CT molecular complexity index is 793. The first-order chi connectivity index (χ1) is 12.7. The minimum atomic E-state index is -0.0414. The molecule has 0 aromatic heterocycles. The van der Waals surface area contributed by atoms with E-state index in [1.165, 1.54) is 0 Å². The lowest BCUT2D eigenvalue weighted by Gasteiger charge is -2.34. The zero-order chi connectivity index (χ0) is 18.1. The third-order valence-corrected chi connectivity index (χ3v) is 5.40. The maximum absolute atomic E-state index is 13.0. The number of hydrogen-bond acceptors (Lipinski definition) is 4. The Balaban J connectivity index is 1.65. The molecular weight excluding hydrogens is 328 g/mol. The standard InChI is InChI=1S/C21H24N2O3/c1-25-11-10-22-14-17-13-19(22)21(24)23(17)18-12-16(8-9-20(18)26-2)15-6-4-3-5-7-15/h3-9,12,17,19H,10-11,13-14H2,1-2H3/t17-,19-/m0/s1. The lowest BCUT2D eigenvalue weighted by molar-refractivity contribution is -0.122. The average Bonchev–Trinajstić information content (AvgIpc) is 3.24. The summed E-state index contributed by atoms with van der Waals surface area (Å²) in [5.74, 6) is 0.912. The summed E-state index contributed by atoms with van der Waals surface area (Å²) in [5.41, 5.74) is 3.10. The Morgan fingerprint density at radius 3 is 2.58 bits per heavy atom. The normalized spacial score (nSPS) is 22.2. The van der Waals surface area contributed by atoms with Gasteiger partial charge in [0.1, 0.15) is 5.75 Å². The third-order valence-electron chi connectivity index (χ3n) is 5.40. The second kappa shape index (κ2) is 7.09. The first-order valence-corrected chi connectivity index (χ1v) is 9.02. The van der Waals surface area contributed by atoms with Gasteiger partial charge in [-0.3, -0.25) is 9.69 Å². The van der Waals surface area contributed by atoms with Crippen molar-refractivity contribution in [1.29, 1.82) is 0 Å². The molecule has 2 aliphatic rings. The van der Waals surface area contributed by atoms with Gasteiger partial charge in [0.2, 0.25) is 5.91 Å². The molecule has 2 fully saturated rings. The number of hydrogen-bond donors (Lipinski definition) is 0. The van der Waals surface area contributed by atoms with Crippen molar-refractivity contribution in [3.63, 3.8) is 0 Å². The summed E-state index contributed by atoms with van der Waals surface area (Å²) in [5, 5.41) is 0. The summed E-state index contributed by atoms with van der Waals surface area (Å²) in [6, 6.07) is 16.4. The van der Waals surface area contributed by atoms with E-state index < -0.39 is 0 Å². The number of amides is 1. The molecule has 136 valence electrons.